The minimum Gasteiger partial charge on any atom is -0.313 e. The van der Waals surface area contributed by atoms with Crippen LogP contribution in [0.25, 0.3) is 0 Å². The zero-order chi connectivity index (χ0) is 9.90. The molecule has 13 heavy (non-hydrogen) atoms. The summed E-state index contributed by atoms with van der Waals surface area (Å²) in [7, 11) is -3.16. The molecule has 5 heteroatoms. The van der Waals surface area contributed by atoms with Crippen molar-refractivity contribution in [1.82, 2.24) is 5.32 Å². The van der Waals surface area contributed by atoms with Crippen molar-refractivity contribution < 1.29 is 13.2 Å². The number of nitrogens with one attached hydrogen (secondary N) is 1. The van der Waals surface area contributed by atoms with E-state index in [2.05, 4.69) is 5.32 Å². The fourth-order valence-electron chi connectivity index (χ4n) is 1.09. The summed E-state index contributed by atoms with van der Waals surface area (Å²) in [6, 6.07) is 0.521. The topological polar surface area (TPSA) is 63.2 Å². The zero-order valence-corrected chi connectivity index (χ0v) is 8.56. The molecule has 0 amide bonds. The molecule has 1 rings (SSSR count). The van der Waals surface area contributed by atoms with E-state index in [1.807, 2.05) is 0 Å². The molecule has 1 aliphatic carbocycles. The number of sulfone groups is 1. The van der Waals surface area contributed by atoms with Crippen LogP contribution in [0.1, 0.15) is 19.8 Å². The van der Waals surface area contributed by atoms with Gasteiger partial charge in [0.2, 0.25) is 0 Å². The van der Waals surface area contributed by atoms with E-state index >= 15 is 0 Å². The van der Waals surface area contributed by atoms with Crippen molar-refractivity contribution in [1.29, 1.82) is 0 Å². The predicted octanol–water partition coefficient (Wildman–Crippen LogP) is -0.258. The Morgan fingerprint density at radius 2 is 2.08 bits per heavy atom. The number of ketones is 1. The van der Waals surface area contributed by atoms with Crippen molar-refractivity contribution in [3.05, 3.63) is 0 Å². The first kappa shape index (κ1) is 10.7. The van der Waals surface area contributed by atoms with Gasteiger partial charge in [-0.1, -0.05) is 0 Å². The minimum absolute atomic E-state index is 0.0725. The SMILES string of the molecule is CC(=O)CS(=O)(=O)CCNC1CC1. The van der Waals surface area contributed by atoms with Crippen LogP contribution in [-0.2, 0) is 14.6 Å². The molecule has 0 atom stereocenters. The molecule has 4 nitrogen and oxygen atoms in total. The highest BCUT2D eigenvalue weighted by Crippen LogP contribution is 2.18. The second-order valence-electron chi connectivity index (χ2n) is 3.52. The van der Waals surface area contributed by atoms with Crippen molar-refractivity contribution in [2.75, 3.05) is 18.1 Å². The summed E-state index contributed by atoms with van der Waals surface area (Å²) in [4.78, 5) is 10.6. The van der Waals surface area contributed by atoms with E-state index in [4.69, 9.17) is 0 Å². The van der Waals surface area contributed by atoms with Gasteiger partial charge in [-0.3, -0.25) is 4.79 Å². The largest absolute Gasteiger partial charge is 0.313 e. The van der Waals surface area contributed by atoms with E-state index in [0.717, 1.165) is 12.8 Å². The molecule has 0 unspecified atom stereocenters. The van der Waals surface area contributed by atoms with E-state index in [1.54, 1.807) is 0 Å². The molecule has 0 aromatic carbocycles. The highest BCUT2D eigenvalue weighted by atomic mass is 32.2. The predicted molar refractivity (Wildman–Crippen MR) is 50.4 cm³/mol. The standard InChI is InChI=1S/C8H15NO3S/c1-7(10)6-13(11,12)5-4-9-8-2-3-8/h8-9H,2-6H2,1H3. The van der Waals surface area contributed by atoms with Crippen LogP contribution in [-0.4, -0.2) is 38.3 Å². The molecular weight excluding hydrogens is 190 g/mol. The molecule has 76 valence electrons. The fourth-order valence-corrected chi connectivity index (χ4v) is 2.28. The molecule has 0 bridgehead atoms. The van der Waals surface area contributed by atoms with Crippen LogP contribution in [0.5, 0.6) is 0 Å². The molecule has 0 aromatic heterocycles. The van der Waals surface area contributed by atoms with Gasteiger partial charge >= 0.3 is 0 Å². The lowest BCUT2D eigenvalue weighted by molar-refractivity contribution is -0.114. The van der Waals surface area contributed by atoms with Crippen molar-refractivity contribution in [2.45, 2.75) is 25.8 Å². The Labute approximate surface area is 78.6 Å². The zero-order valence-electron chi connectivity index (χ0n) is 7.75. The Bertz CT molecular complexity index is 280. The van der Waals surface area contributed by atoms with E-state index < -0.39 is 9.84 Å². The molecule has 0 saturated heterocycles. The summed E-state index contributed by atoms with van der Waals surface area (Å²) in [6.07, 6.45) is 2.29. The maximum atomic E-state index is 11.2. The van der Waals surface area contributed by atoms with Gasteiger partial charge in [-0.25, -0.2) is 8.42 Å². The lowest BCUT2D eigenvalue weighted by atomic mass is 10.5. The van der Waals surface area contributed by atoms with Gasteiger partial charge in [-0.2, -0.15) is 0 Å². The number of Topliss-reactive ketones (excluding diaryl/α,β-unsaturated/α-hetero) is 1. The molecular formula is C8H15NO3S. The highest BCUT2D eigenvalue weighted by Gasteiger charge is 2.21. The Balaban J connectivity index is 2.20. The summed E-state index contributed by atoms with van der Waals surface area (Å²) in [5, 5.41) is 3.10. The fraction of sp³-hybridized carbons (Fsp3) is 0.875. The lowest BCUT2D eigenvalue weighted by Gasteiger charge is -2.02. The van der Waals surface area contributed by atoms with Gasteiger partial charge < -0.3 is 5.32 Å². The molecule has 0 heterocycles. The third-order valence-electron chi connectivity index (χ3n) is 1.85. The molecule has 0 aromatic rings. The van der Waals surface area contributed by atoms with Crippen LogP contribution in [0.2, 0.25) is 0 Å². The van der Waals surface area contributed by atoms with Gasteiger partial charge in [0, 0.05) is 12.6 Å². The first-order chi connectivity index (χ1) is 5.99. The quantitative estimate of drug-likeness (QED) is 0.649. The number of hydrogen-bond donors (Lipinski definition) is 1. The average Bonchev–Trinajstić information content (AvgIpc) is 2.67. The molecule has 0 radical (unpaired) electrons. The van der Waals surface area contributed by atoms with Crippen molar-refractivity contribution in [3.8, 4) is 0 Å². The highest BCUT2D eigenvalue weighted by molar-refractivity contribution is 7.92. The lowest BCUT2D eigenvalue weighted by Crippen LogP contribution is -2.27. The van der Waals surface area contributed by atoms with E-state index in [0.29, 0.717) is 12.6 Å². The number of hydrogen-bond acceptors (Lipinski definition) is 4. The summed E-state index contributed by atoms with van der Waals surface area (Å²) < 4.78 is 22.4. The van der Waals surface area contributed by atoms with Crippen LogP contribution >= 0.6 is 0 Å². The van der Waals surface area contributed by atoms with E-state index in [1.165, 1.54) is 6.92 Å². The van der Waals surface area contributed by atoms with Gasteiger partial charge in [0.1, 0.15) is 11.5 Å². The van der Waals surface area contributed by atoms with E-state index in [9.17, 15) is 13.2 Å². The Morgan fingerprint density at radius 1 is 1.46 bits per heavy atom. The second kappa shape index (κ2) is 4.19. The van der Waals surface area contributed by atoms with Crippen LogP contribution in [0, 0.1) is 0 Å². The van der Waals surface area contributed by atoms with Gasteiger partial charge in [-0.05, 0) is 19.8 Å². The summed E-state index contributed by atoms with van der Waals surface area (Å²) in [5.74, 6) is -0.533. The minimum atomic E-state index is -3.16. The first-order valence-corrected chi connectivity index (χ1v) is 6.25. The van der Waals surface area contributed by atoms with Crippen LogP contribution in [0.3, 0.4) is 0 Å². The Morgan fingerprint density at radius 3 is 2.54 bits per heavy atom. The van der Waals surface area contributed by atoms with Gasteiger partial charge in [0.15, 0.2) is 9.84 Å². The molecule has 1 fully saturated rings. The first-order valence-electron chi connectivity index (χ1n) is 4.43. The third-order valence-corrected chi connectivity index (χ3v) is 3.52. The Hall–Kier alpha value is -0.420. The van der Waals surface area contributed by atoms with Crippen LogP contribution < -0.4 is 5.32 Å². The normalized spacial score (nSPS) is 17.3. The third kappa shape index (κ3) is 5.00. The monoisotopic (exact) mass is 205 g/mol. The van der Waals surface area contributed by atoms with E-state index in [-0.39, 0.29) is 17.3 Å². The average molecular weight is 205 g/mol. The number of carbonyl (C=O) groups is 1. The van der Waals surface area contributed by atoms with Gasteiger partial charge in [0.25, 0.3) is 0 Å². The second-order valence-corrected chi connectivity index (χ2v) is 5.71. The Kier molecular flexibility index (Phi) is 3.44. The maximum absolute atomic E-state index is 11.2. The number of carbonyl (C=O) groups excluding carboxylic acids is 1. The van der Waals surface area contributed by atoms with Crippen molar-refractivity contribution in [3.63, 3.8) is 0 Å². The molecule has 1 saturated carbocycles. The van der Waals surface area contributed by atoms with Gasteiger partial charge in [0.05, 0.1) is 5.75 Å². The summed E-state index contributed by atoms with van der Waals surface area (Å²) in [6.45, 7) is 1.77. The number of rotatable bonds is 6. The van der Waals surface area contributed by atoms with Crippen LogP contribution in [0.15, 0.2) is 0 Å². The van der Waals surface area contributed by atoms with Gasteiger partial charge in [-0.15, -0.1) is 0 Å². The maximum Gasteiger partial charge on any atom is 0.158 e. The van der Waals surface area contributed by atoms with Crippen molar-refractivity contribution >= 4 is 15.6 Å². The summed E-state index contributed by atoms with van der Waals surface area (Å²) >= 11 is 0. The van der Waals surface area contributed by atoms with Crippen molar-refractivity contribution in [2.24, 2.45) is 0 Å². The summed E-state index contributed by atoms with van der Waals surface area (Å²) in [5.41, 5.74) is 0. The molecule has 0 spiro atoms. The molecule has 0 aliphatic heterocycles. The molecule has 1 aliphatic rings. The van der Waals surface area contributed by atoms with Crippen LogP contribution in [0.4, 0.5) is 0 Å². The smallest absolute Gasteiger partial charge is 0.158 e. The molecule has 1 N–H and O–H groups in total.